The summed E-state index contributed by atoms with van der Waals surface area (Å²) in [6, 6.07) is 67.1. The highest BCUT2D eigenvalue weighted by atomic mass is 15.0. The fourth-order valence-corrected chi connectivity index (χ4v) is 9.63. The number of allylic oxidation sites excluding steroid dienone is 4. The second kappa shape index (κ2) is 12.6. The van der Waals surface area contributed by atoms with Crippen molar-refractivity contribution >= 4 is 65.4 Å². The van der Waals surface area contributed by atoms with Crippen molar-refractivity contribution in [1.82, 2.24) is 13.7 Å². The lowest BCUT2D eigenvalue weighted by Gasteiger charge is -2.18. The first-order valence-electron chi connectivity index (χ1n) is 19.9. The highest BCUT2D eigenvalue weighted by Gasteiger charge is 2.21. The summed E-state index contributed by atoms with van der Waals surface area (Å²) < 4.78 is 7.39. The molecule has 0 radical (unpaired) electrons. The highest BCUT2D eigenvalue weighted by molar-refractivity contribution is 6.17. The monoisotopic (exact) mass is 727 g/mol. The van der Waals surface area contributed by atoms with E-state index in [1.54, 1.807) is 0 Å². The number of para-hydroxylation sites is 4. The molecule has 1 aliphatic rings. The van der Waals surface area contributed by atoms with Gasteiger partial charge in [-0.2, -0.15) is 0 Å². The van der Waals surface area contributed by atoms with Crippen LogP contribution in [0.2, 0.25) is 0 Å². The molecule has 0 spiro atoms. The molecule has 3 heterocycles. The van der Waals surface area contributed by atoms with Gasteiger partial charge in [0.25, 0.3) is 0 Å². The quantitative estimate of drug-likeness (QED) is 0.168. The zero-order valence-corrected chi connectivity index (χ0v) is 31.3. The molecule has 57 heavy (non-hydrogen) atoms. The molecule has 1 atom stereocenters. The lowest BCUT2D eigenvalue weighted by atomic mass is 9.89. The molecule has 0 saturated heterocycles. The Balaban J connectivity index is 1.10. The van der Waals surface area contributed by atoms with E-state index < -0.39 is 0 Å². The number of aromatic nitrogens is 3. The van der Waals surface area contributed by atoms with Crippen LogP contribution in [0, 0.1) is 0 Å². The molecule has 0 saturated carbocycles. The number of fused-ring (bicyclic) bond motifs is 9. The molecular formula is C54H37N3. The van der Waals surface area contributed by atoms with Crippen molar-refractivity contribution in [2.75, 3.05) is 0 Å². The van der Waals surface area contributed by atoms with Crippen molar-refractivity contribution in [2.45, 2.75) is 12.3 Å². The molecule has 1 aliphatic carbocycles. The smallest absolute Gasteiger partial charge is 0.0562 e. The van der Waals surface area contributed by atoms with Gasteiger partial charge in [0.2, 0.25) is 0 Å². The summed E-state index contributed by atoms with van der Waals surface area (Å²) in [4.78, 5) is 0. The van der Waals surface area contributed by atoms with E-state index in [9.17, 15) is 0 Å². The topological polar surface area (TPSA) is 14.8 Å². The van der Waals surface area contributed by atoms with Gasteiger partial charge in [-0.05, 0) is 89.8 Å². The van der Waals surface area contributed by atoms with E-state index in [4.69, 9.17) is 0 Å². The van der Waals surface area contributed by atoms with Crippen LogP contribution in [0.25, 0.3) is 93.6 Å². The summed E-state index contributed by atoms with van der Waals surface area (Å²) in [5, 5.41) is 7.50. The third-order valence-corrected chi connectivity index (χ3v) is 12.1. The van der Waals surface area contributed by atoms with Crippen molar-refractivity contribution in [3.8, 4) is 28.2 Å². The number of benzene rings is 8. The first-order valence-corrected chi connectivity index (χ1v) is 19.9. The molecule has 0 N–H and O–H groups in total. The number of hydrogen-bond acceptors (Lipinski definition) is 0. The van der Waals surface area contributed by atoms with Crippen LogP contribution in [0.5, 0.6) is 0 Å². The van der Waals surface area contributed by atoms with Crippen molar-refractivity contribution in [2.24, 2.45) is 0 Å². The van der Waals surface area contributed by atoms with E-state index in [1.807, 2.05) is 0 Å². The van der Waals surface area contributed by atoms with Crippen molar-refractivity contribution in [3.05, 3.63) is 212 Å². The summed E-state index contributed by atoms with van der Waals surface area (Å²) >= 11 is 0. The van der Waals surface area contributed by atoms with Gasteiger partial charge in [-0.1, -0.05) is 140 Å². The fraction of sp³-hybridized carbons (Fsp3) is 0.0370. The minimum Gasteiger partial charge on any atom is -0.309 e. The van der Waals surface area contributed by atoms with Crippen LogP contribution in [0.15, 0.2) is 206 Å². The van der Waals surface area contributed by atoms with Gasteiger partial charge >= 0.3 is 0 Å². The summed E-state index contributed by atoms with van der Waals surface area (Å²) in [6.07, 6.45) is 9.96. The number of rotatable bonds is 5. The van der Waals surface area contributed by atoms with Crippen LogP contribution < -0.4 is 0 Å². The van der Waals surface area contributed by atoms with Crippen LogP contribution in [-0.2, 0) is 0 Å². The third kappa shape index (κ3) is 4.85. The molecule has 0 amide bonds. The minimum atomic E-state index is 0.333. The van der Waals surface area contributed by atoms with Gasteiger partial charge in [0.15, 0.2) is 0 Å². The van der Waals surface area contributed by atoms with Gasteiger partial charge in [-0.15, -0.1) is 0 Å². The van der Waals surface area contributed by atoms with Crippen LogP contribution in [-0.4, -0.2) is 13.7 Å². The average molecular weight is 728 g/mol. The average Bonchev–Trinajstić information content (AvgIpc) is 3.92. The Hall–Kier alpha value is -7.36. The Kier molecular flexibility index (Phi) is 7.05. The van der Waals surface area contributed by atoms with Gasteiger partial charge in [0.05, 0.1) is 38.8 Å². The molecular weight excluding hydrogens is 691 g/mol. The standard InChI is InChI=1S/C54H37N3/c1-3-16-36(17-4-1)38-32-39(37-18-5-2-6-19-37)34-41(33-38)56-47-24-11-9-22-44(47)46-35-40(30-31-51(46)56)55-50-27-14-10-23-45(50)54-52(55)28-15-29-53(54)57-48-25-12-7-20-42(48)43-21-8-13-26-49(43)57/h1-18,20-35,37H,19H2. The van der Waals surface area contributed by atoms with Crippen LogP contribution >= 0.6 is 0 Å². The minimum absolute atomic E-state index is 0.333. The Labute approximate surface area is 330 Å². The van der Waals surface area contributed by atoms with E-state index in [1.165, 1.54) is 93.5 Å². The first-order chi connectivity index (χ1) is 28.3. The Morgan fingerprint density at radius 1 is 0.368 bits per heavy atom. The number of nitrogens with zero attached hydrogens (tertiary/aromatic N) is 3. The van der Waals surface area contributed by atoms with Crippen LogP contribution in [0.1, 0.15) is 17.9 Å². The van der Waals surface area contributed by atoms with Crippen molar-refractivity contribution in [1.29, 1.82) is 0 Å². The maximum atomic E-state index is 2.47. The van der Waals surface area contributed by atoms with E-state index in [0.717, 1.165) is 12.1 Å². The second-order valence-electron chi connectivity index (χ2n) is 15.3. The van der Waals surface area contributed by atoms with Gasteiger partial charge in [-0.3, -0.25) is 0 Å². The molecule has 268 valence electrons. The van der Waals surface area contributed by atoms with E-state index in [-0.39, 0.29) is 0 Å². The molecule has 3 aromatic heterocycles. The molecule has 3 nitrogen and oxygen atoms in total. The molecule has 0 bridgehead atoms. The molecule has 0 aliphatic heterocycles. The summed E-state index contributed by atoms with van der Waals surface area (Å²) in [5.41, 5.74) is 14.5. The molecule has 11 aromatic rings. The second-order valence-corrected chi connectivity index (χ2v) is 15.3. The largest absolute Gasteiger partial charge is 0.309 e. The first kappa shape index (κ1) is 31.9. The predicted octanol–water partition coefficient (Wildman–Crippen LogP) is 14.2. The summed E-state index contributed by atoms with van der Waals surface area (Å²) in [5.74, 6) is 0.333. The zero-order valence-electron chi connectivity index (χ0n) is 31.3. The van der Waals surface area contributed by atoms with Gasteiger partial charge in [0, 0.05) is 49.6 Å². The molecule has 3 heteroatoms. The maximum Gasteiger partial charge on any atom is 0.0562 e. The van der Waals surface area contributed by atoms with E-state index >= 15 is 0 Å². The SMILES string of the molecule is C1=CCC(c2cc(-c3ccccc3)cc(-n3c4ccccc4c4cc(-n5c6ccccc6c6c(-n7c8ccccc8c8ccccc87)cccc65)ccc43)c2)C=C1. The third-order valence-electron chi connectivity index (χ3n) is 12.1. The molecule has 1 unspecified atom stereocenters. The van der Waals surface area contributed by atoms with Crippen LogP contribution in [0.3, 0.4) is 0 Å². The number of hydrogen-bond donors (Lipinski definition) is 0. The van der Waals surface area contributed by atoms with E-state index in [2.05, 4.69) is 220 Å². The Morgan fingerprint density at radius 3 is 1.65 bits per heavy atom. The lowest BCUT2D eigenvalue weighted by Crippen LogP contribution is -2.01. The molecule has 12 rings (SSSR count). The van der Waals surface area contributed by atoms with Gasteiger partial charge < -0.3 is 13.7 Å². The van der Waals surface area contributed by atoms with Crippen LogP contribution in [0.4, 0.5) is 0 Å². The molecule has 0 fully saturated rings. The fourth-order valence-electron chi connectivity index (χ4n) is 9.63. The molecule has 8 aromatic carbocycles. The van der Waals surface area contributed by atoms with Crippen molar-refractivity contribution in [3.63, 3.8) is 0 Å². The highest BCUT2D eigenvalue weighted by Crippen LogP contribution is 2.42. The maximum absolute atomic E-state index is 2.47. The van der Waals surface area contributed by atoms with Gasteiger partial charge in [0.1, 0.15) is 0 Å². The Morgan fingerprint density at radius 2 is 0.947 bits per heavy atom. The van der Waals surface area contributed by atoms with E-state index in [0.29, 0.717) is 5.92 Å². The lowest BCUT2D eigenvalue weighted by molar-refractivity contribution is 0.852. The summed E-state index contributed by atoms with van der Waals surface area (Å²) in [7, 11) is 0. The van der Waals surface area contributed by atoms with Crippen molar-refractivity contribution < 1.29 is 0 Å². The normalized spacial score (nSPS) is 14.3. The predicted molar refractivity (Wildman–Crippen MR) is 241 cm³/mol. The summed E-state index contributed by atoms with van der Waals surface area (Å²) in [6.45, 7) is 0. The van der Waals surface area contributed by atoms with Gasteiger partial charge in [-0.25, -0.2) is 0 Å². The zero-order chi connectivity index (χ0) is 37.5. The Bertz CT molecular complexity index is 3390.